The summed E-state index contributed by atoms with van der Waals surface area (Å²) in [6.45, 7) is 6.17. The molecule has 3 heterocycles. The molecule has 2 fully saturated rings. The third-order valence-electron chi connectivity index (χ3n) is 5.46. The van der Waals surface area contributed by atoms with Gasteiger partial charge in [0.15, 0.2) is 0 Å². The van der Waals surface area contributed by atoms with Gasteiger partial charge in [-0.2, -0.15) is 0 Å². The molecule has 3 rings (SSSR count). The normalized spacial score (nSPS) is 28.3. The summed E-state index contributed by atoms with van der Waals surface area (Å²) >= 11 is 0. The maximum Gasteiger partial charge on any atom is 0.222 e. The van der Waals surface area contributed by atoms with Gasteiger partial charge in [-0.05, 0) is 19.9 Å². The molecule has 6 heteroatoms. The molecule has 6 nitrogen and oxygen atoms in total. The molecule has 2 aliphatic heterocycles. The second kappa shape index (κ2) is 6.38. The summed E-state index contributed by atoms with van der Waals surface area (Å²) in [5.74, 6) is 0.292. The standard InChI is InChI=1S/C16H27N5O/c1-18-7-5-16(4-3-15(18)22)13-20(10-9-19(16)2)11-12-21-8-6-17-14-21/h6,8,14H,3-5,7,9-13H2,1-2H3/t16-/m0/s1. The minimum Gasteiger partial charge on any atom is -0.346 e. The zero-order valence-corrected chi connectivity index (χ0v) is 13.7. The Morgan fingerprint density at radius 3 is 2.82 bits per heavy atom. The molecule has 1 aromatic rings. The van der Waals surface area contributed by atoms with Crippen LogP contribution in [0.2, 0.25) is 0 Å². The number of amides is 1. The highest BCUT2D eigenvalue weighted by atomic mass is 16.2. The highest BCUT2D eigenvalue weighted by molar-refractivity contribution is 5.76. The van der Waals surface area contributed by atoms with E-state index in [4.69, 9.17) is 0 Å². The lowest BCUT2D eigenvalue weighted by Crippen LogP contribution is -2.61. The number of likely N-dealkylation sites (tertiary alicyclic amines) is 1. The van der Waals surface area contributed by atoms with Crippen molar-refractivity contribution in [3.8, 4) is 0 Å². The van der Waals surface area contributed by atoms with Crippen molar-refractivity contribution in [3.63, 3.8) is 0 Å². The summed E-state index contributed by atoms with van der Waals surface area (Å²) in [4.78, 5) is 23.0. The van der Waals surface area contributed by atoms with Gasteiger partial charge in [0.25, 0.3) is 0 Å². The molecule has 1 amide bonds. The second-order valence-electron chi connectivity index (χ2n) is 6.79. The van der Waals surface area contributed by atoms with Crippen LogP contribution in [0.3, 0.4) is 0 Å². The van der Waals surface area contributed by atoms with E-state index in [1.54, 1.807) is 0 Å². The van der Waals surface area contributed by atoms with Crippen molar-refractivity contribution in [3.05, 3.63) is 18.7 Å². The lowest BCUT2D eigenvalue weighted by molar-refractivity contribution is -0.129. The molecule has 0 unspecified atom stereocenters. The van der Waals surface area contributed by atoms with Gasteiger partial charge in [0.2, 0.25) is 5.91 Å². The van der Waals surface area contributed by atoms with Crippen LogP contribution in [0, 0.1) is 0 Å². The third-order valence-corrected chi connectivity index (χ3v) is 5.46. The predicted octanol–water partition coefficient (Wildman–Crippen LogP) is 0.512. The Bertz CT molecular complexity index is 503. The van der Waals surface area contributed by atoms with E-state index >= 15 is 0 Å². The summed E-state index contributed by atoms with van der Waals surface area (Å²) in [5.41, 5.74) is 0.160. The average Bonchev–Trinajstić information content (AvgIpc) is 3.00. The number of hydrogen-bond acceptors (Lipinski definition) is 4. The minimum atomic E-state index is 0.160. The molecular formula is C16H27N5O. The number of likely N-dealkylation sites (N-methyl/N-ethyl adjacent to an activating group) is 1. The number of carbonyl (C=O) groups is 1. The molecule has 2 aliphatic rings. The topological polar surface area (TPSA) is 44.6 Å². The van der Waals surface area contributed by atoms with Crippen molar-refractivity contribution < 1.29 is 4.79 Å². The van der Waals surface area contributed by atoms with E-state index in [2.05, 4.69) is 26.4 Å². The number of piperazine rings is 1. The van der Waals surface area contributed by atoms with Crippen LogP contribution >= 0.6 is 0 Å². The Morgan fingerprint density at radius 2 is 2.05 bits per heavy atom. The minimum absolute atomic E-state index is 0.160. The van der Waals surface area contributed by atoms with Crippen LogP contribution in [0.5, 0.6) is 0 Å². The van der Waals surface area contributed by atoms with Crippen molar-refractivity contribution in [2.24, 2.45) is 0 Å². The van der Waals surface area contributed by atoms with Crippen molar-refractivity contribution in [2.75, 3.05) is 46.8 Å². The Morgan fingerprint density at radius 1 is 1.18 bits per heavy atom. The zero-order chi connectivity index (χ0) is 15.6. The van der Waals surface area contributed by atoms with Crippen molar-refractivity contribution in [1.82, 2.24) is 24.3 Å². The van der Waals surface area contributed by atoms with E-state index in [9.17, 15) is 4.79 Å². The Balaban J connectivity index is 1.63. The lowest BCUT2D eigenvalue weighted by atomic mass is 9.86. The van der Waals surface area contributed by atoms with Crippen LogP contribution in [0.25, 0.3) is 0 Å². The number of aromatic nitrogens is 2. The molecule has 0 radical (unpaired) electrons. The summed E-state index contributed by atoms with van der Waals surface area (Å²) in [7, 11) is 4.16. The van der Waals surface area contributed by atoms with E-state index in [0.29, 0.717) is 12.3 Å². The van der Waals surface area contributed by atoms with Crippen LogP contribution in [-0.2, 0) is 11.3 Å². The maximum absolute atomic E-state index is 12.0. The number of rotatable bonds is 3. The quantitative estimate of drug-likeness (QED) is 0.816. The van der Waals surface area contributed by atoms with Crippen molar-refractivity contribution in [1.29, 1.82) is 0 Å². The van der Waals surface area contributed by atoms with Gasteiger partial charge in [-0.15, -0.1) is 0 Å². The Labute approximate surface area is 132 Å². The van der Waals surface area contributed by atoms with Crippen LogP contribution < -0.4 is 0 Å². The molecule has 0 bridgehead atoms. The molecule has 122 valence electrons. The molecule has 0 aromatic carbocycles. The summed E-state index contributed by atoms with van der Waals surface area (Å²) in [6.07, 6.45) is 8.46. The maximum atomic E-state index is 12.0. The van der Waals surface area contributed by atoms with Gasteiger partial charge in [-0.1, -0.05) is 0 Å². The summed E-state index contributed by atoms with van der Waals surface area (Å²) in [6, 6.07) is 0. The first-order valence-electron chi connectivity index (χ1n) is 8.22. The van der Waals surface area contributed by atoms with E-state index in [0.717, 1.165) is 52.1 Å². The lowest BCUT2D eigenvalue weighted by Gasteiger charge is -2.49. The first-order valence-corrected chi connectivity index (χ1v) is 8.22. The molecule has 1 atom stereocenters. The average molecular weight is 305 g/mol. The van der Waals surface area contributed by atoms with Gasteiger partial charge in [0.1, 0.15) is 0 Å². The fraction of sp³-hybridized carbons (Fsp3) is 0.750. The smallest absolute Gasteiger partial charge is 0.222 e. The molecule has 2 saturated heterocycles. The molecule has 0 N–H and O–H groups in total. The van der Waals surface area contributed by atoms with E-state index < -0.39 is 0 Å². The van der Waals surface area contributed by atoms with Crippen LogP contribution in [0.15, 0.2) is 18.7 Å². The van der Waals surface area contributed by atoms with Crippen LogP contribution in [-0.4, -0.2) is 82.5 Å². The first-order chi connectivity index (χ1) is 10.6. The molecule has 1 spiro atoms. The Kier molecular flexibility index (Phi) is 4.49. The zero-order valence-electron chi connectivity index (χ0n) is 13.7. The number of nitrogens with zero attached hydrogens (tertiary/aromatic N) is 5. The SMILES string of the molecule is CN1CC[C@@]2(CCC1=O)CN(CCn1ccnc1)CCN2C. The fourth-order valence-corrected chi connectivity index (χ4v) is 3.71. The molecule has 22 heavy (non-hydrogen) atoms. The monoisotopic (exact) mass is 305 g/mol. The van der Waals surface area contributed by atoms with Gasteiger partial charge in [0.05, 0.1) is 6.33 Å². The Hall–Kier alpha value is -1.40. The number of carbonyl (C=O) groups excluding carboxylic acids is 1. The molecule has 0 saturated carbocycles. The summed E-state index contributed by atoms with van der Waals surface area (Å²) < 4.78 is 2.13. The van der Waals surface area contributed by atoms with Crippen LogP contribution in [0.4, 0.5) is 0 Å². The molecule has 0 aliphatic carbocycles. The highest BCUT2D eigenvalue weighted by Gasteiger charge is 2.41. The third kappa shape index (κ3) is 3.17. The predicted molar refractivity (Wildman–Crippen MR) is 85.5 cm³/mol. The van der Waals surface area contributed by atoms with Gasteiger partial charge in [-0.3, -0.25) is 14.6 Å². The number of hydrogen-bond donors (Lipinski definition) is 0. The largest absolute Gasteiger partial charge is 0.346 e. The number of imidazole rings is 1. The first kappa shape index (κ1) is 15.5. The summed E-state index contributed by atoms with van der Waals surface area (Å²) in [5, 5.41) is 0. The second-order valence-corrected chi connectivity index (χ2v) is 6.79. The van der Waals surface area contributed by atoms with Gasteiger partial charge in [0, 0.05) is 70.7 Å². The fourth-order valence-electron chi connectivity index (χ4n) is 3.71. The van der Waals surface area contributed by atoms with Crippen molar-refractivity contribution >= 4 is 5.91 Å². The van der Waals surface area contributed by atoms with Gasteiger partial charge >= 0.3 is 0 Å². The molecule has 1 aromatic heterocycles. The van der Waals surface area contributed by atoms with Gasteiger partial charge in [-0.25, -0.2) is 4.98 Å². The highest BCUT2D eigenvalue weighted by Crippen LogP contribution is 2.31. The van der Waals surface area contributed by atoms with Gasteiger partial charge < -0.3 is 9.47 Å². The van der Waals surface area contributed by atoms with Crippen molar-refractivity contribution in [2.45, 2.75) is 31.3 Å². The van der Waals surface area contributed by atoms with Crippen LogP contribution in [0.1, 0.15) is 19.3 Å². The molecular weight excluding hydrogens is 278 g/mol. The van der Waals surface area contributed by atoms with E-state index in [1.165, 1.54) is 0 Å². The van der Waals surface area contributed by atoms with E-state index in [-0.39, 0.29) is 5.54 Å². The van der Waals surface area contributed by atoms with E-state index in [1.807, 2.05) is 30.7 Å².